The summed E-state index contributed by atoms with van der Waals surface area (Å²) in [5.41, 5.74) is 1.89. The second kappa shape index (κ2) is 12.4. The van der Waals surface area contributed by atoms with Crippen molar-refractivity contribution in [1.29, 1.82) is 0 Å². The molecule has 4 aromatic rings. The van der Waals surface area contributed by atoms with Crippen molar-refractivity contribution in [3.05, 3.63) is 113 Å². The highest BCUT2D eigenvalue weighted by molar-refractivity contribution is 6.33. The van der Waals surface area contributed by atoms with E-state index in [2.05, 4.69) is 5.10 Å². The monoisotopic (exact) mass is 611 g/mol. The first-order chi connectivity index (χ1) is 19.1. The third-order valence-corrected chi connectivity index (χ3v) is 6.04. The predicted octanol–water partition coefficient (Wildman–Crippen LogP) is 4.24. The maximum absolute atomic E-state index is 12.9. The molecule has 0 aliphatic heterocycles. The number of esters is 1. The number of ether oxygens (including phenoxy) is 1. The summed E-state index contributed by atoms with van der Waals surface area (Å²) in [5.74, 6) is -0.788. The SMILES string of the molecule is CC(C)OC(=O)c1cc(-n2c(=O)cc(C(F)(F)F)n(C)c2=O)ccc1Cl.Nc1cnn(-c2ccccc2)c(=O)c1Cl. The molecule has 2 aromatic heterocycles. The number of anilines is 1. The number of nitrogens with two attached hydrogens (primary N) is 1. The molecule has 216 valence electrons. The van der Waals surface area contributed by atoms with Crippen LogP contribution in [-0.4, -0.2) is 31.0 Å². The molecule has 0 atom stereocenters. The van der Waals surface area contributed by atoms with Crippen molar-refractivity contribution >= 4 is 34.9 Å². The first-order valence-corrected chi connectivity index (χ1v) is 12.4. The Balaban J connectivity index is 0.000000260. The first kappa shape index (κ1) is 31.2. The Morgan fingerprint density at radius 3 is 2.22 bits per heavy atom. The van der Waals surface area contributed by atoms with Gasteiger partial charge in [0.25, 0.3) is 11.1 Å². The normalized spacial score (nSPS) is 11.1. The number of nitrogens with zero attached hydrogens (tertiary/aromatic N) is 4. The Hall–Kier alpha value is -4.36. The van der Waals surface area contributed by atoms with Crippen LogP contribution in [0.4, 0.5) is 18.9 Å². The van der Waals surface area contributed by atoms with Crippen LogP contribution in [0.2, 0.25) is 10.0 Å². The molecule has 4 rings (SSSR count). The number of benzene rings is 2. The third kappa shape index (κ3) is 7.05. The molecule has 2 heterocycles. The molecule has 0 radical (unpaired) electrons. The van der Waals surface area contributed by atoms with Gasteiger partial charge < -0.3 is 10.5 Å². The molecule has 0 unspecified atom stereocenters. The Morgan fingerprint density at radius 2 is 1.63 bits per heavy atom. The number of alkyl halides is 3. The second-order valence-electron chi connectivity index (χ2n) is 8.63. The topological polar surface area (TPSA) is 131 Å². The summed E-state index contributed by atoms with van der Waals surface area (Å²) >= 11 is 11.7. The van der Waals surface area contributed by atoms with E-state index < -0.39 is 40.8 Å². The number of hydrogen-bond acceptors (Lipinski definition) is 7. The maximum Gasteiger partial charge on any atom is 0.431 e. The molecular formula is C26H22Cl2F3N5O5. The van der Waals surface area contributed by atoms with E-state index in [4.69, 9.17) is 33.7 Å². The lowest BCUT2D eigenvalue weighted by molar-refractivity contribution is -0.144. The van der Waals surface area contributed by atoms with Crippen LogP contribution >= 0.6 is 23.2 Å². The van der Waals surface area contributed by atoms with E-state index in [1.54, 1.807) is 26.0 Å². The van der Waals surface area contributed by atoms with Crippen molar-refractivity contribution in [2.45, 2.75) is 26.1 Å². The van der Waals surface area contributed by atoms with Crippen LogP contribution in [-0.2, 0) is 18.0 Å². The first-order valence-electron chi connectivity index (χ1n) is 11.6. The van der Waals surface area contributed by atoms with Crippen molar-refractivity contribution in [2.24, 2.45) is 7.05 Å². The molecule has 0 bridgehead atoms. The molecule has 0 saturated heterocycles. The van der Waals surface area contributed by atoms with Crippen LogP contribution in [0.1, 0.15) is 29.9 Å². The molecule has 15 heteroatoms. The van der Waals surface area contributed by atoms with Gasteiger partial charge in [-0.2, -0.15) is 23.0 Å². The molecule has 0 amide bonds. The summed E-state index contributed by atoms with van der Waals surface area (Å²) in [5, 5.41) is 3.91. The smallest absolute Gasteiger partial charge is 0.431 e. The zero-order valence-electron chi connectivity index (χ0n) is 21.6. The van der Waals surface area contributed by atoms with Gasteiger partial charge in [0.15, 0.2) is 0 Å². The van der Waals surface area contributed by atoms with Gasteiger partial charge >= 0.3 is 17.8 Å². The molecular weight excluding hydrogens is 590 g/mol. The minimum Gasteiger partial charge on any atom is -0.459 e. The van der Waals surface area contributed by atoms with E-state index in [-0.39, 0.29) is 27.0 Å². The van der Waals surface area contributed by atoms with Gasteiger partial charge in [-0.3, -0.25) is 14.2 Å². The van der Waals surface area contributed by atoms with Crippen LogP contribution in [0, 0.1) is 0 Å². The summed E-state index contributed by atoms with van der Waals surface area (Å²) in [6, 6.07) is 12.9. The summed E-state index contributed by atoms with van der Waals surface area (Å²) in [7, 11) is 0.894. The van der Waals surface area contributed by atoms with Crippen LogP contribution in [0.3, 0.4) is 0 Å². The molecule has 2 N–H and O–H groups in total. The van der Waals surface area contributed by atoms with E-state index in [1.807, 2.05) is 18.2 Å². The van der Waals surface area contributed by atoms with E-state index in [1.165, 1.54) is 23.0 Å². The number of rotatable bonds is 4. The lowest BCUT2D eigenvalue weighted by Crippen LogP contribution is -2.40. The predicted molar refractivity (Wildman–Crippen MR) is 147 cm³/mol. The number of hydrogen-bond donors (Lipinski definition) is 1. The van der Waals surface area contributed by atoms with Crippen LogP contribution in [0.25, 0.3) is 11.4 Å². The molecule has 0 aliphatic carbocycles. The van der Waals surface area contributed by atoms with Crippen molar-refractivity contribution in [3.8, 4) is 11.4 Å². The largest absolute Gasteiger partial charge is 0.459 e. The molecule has 41 heavy (non-hydrogen) atoms. The minimum absolute atomic E-state index is 0.00569. The van der Waals surface area contributed by atoms with E-state index >= 15 is 0 Å². The molecule has 2 aromatic carbocycles. The third-order valence-electron chi connectivity index (χ3n) is 5.33. The highest BCUT2D eigenvalue weighted by Gasteiger charge is 2.35. The fourth-order valence-electron chi connectivity index (χ4n) is 3.42. The van der Waals surface area contributed by atoms with Crippen molar-refractivity contribution < 1.29 is 22.7 Å². The van der Waals surface area contributed by atoms with Gasteiger partial charge in [-0.25, -0.2) is 14.2 Å². The van der Waals surface area contributed by atoms with Crippen molar-refractivity contribution in [1.82, 2.24) is 18.9 Å². The van der Waals surface area contributed by atoms with E-state index in [0.29, 0.717) is 20.9 Å². The summed E-state index contributed by atoms with van der Waals surface area (Å²) in [6.07, 6.45) is -3.95. The number of halogens is 5. The van der Waals surface area contributed by atoms with Gasteiger partial charge in [0.05, 0.1) is 39.9 Å². The van der Waals surface area contributed by atoms with Gasteiger partial charge in [0.1, 0.15) is 10.7 Å². The van der Waals surface area contributed by atoms with Gasteiger partial charge in [0, 0.05) is 13.1 Å². The molecule has 0 spiro atoms. The number of aromatic nitrogens is 4. The highest BCUT2D eigenvalue weighted by Crippen LogP contribution is 2.27. The van der Waals surface area contributed by atoms with Crippen LogP contribution < -0.4 is 22.5 Å². The van der Waals surface area contributed by atoms with Crippen molar-refractivity contribution in [3.63, 3.8) is 0 Å². The average molecular weight is 612 g/mol. The zero-order valence-corrected chi connectivity index (χ0v) is 23.2. The minimum atomic E-state index is -4.86. The van der Waals surface area contributed by atoms with Crippen LogP contribution in [0.15, 0.2) is 75.2 Å². The zero-order chi connectivity index (χ0) is 30.6. The Bertz CT molecular complexity index is 1770. The summed E-state index contributed by atoms with van der Waals surface area (Å²) in [4.78, 5) is 48.1. The fourth-order valence-corrected chi connectivity index (χ4v) is 3.74. The Morgan fingerprint density at radius 1 is 1.00 bits per heavy atom. The Kier molecular flexibility index (Phi) is 9.46. The van der Waals surface area contributed by atoms with Gasteiger partial charge in [-0.05, 0) is 44.2 Å². The number of carbonyl (C=O) groups is 1. The number of nitrogen functional groups attached to an aromatic ring is 1. The Labute approximate surface area is 239 Å². The number of para-hydroxylation sites is 1. The fraction of sp³-hybridized carbons (Fsp3) is 0.192. The van der Waals surface area contributed by atoms with Gasteiger partial charge in [-0.1, -0.05) is 41.4 Å². The molecule has 0 saturated carbocycles. The van der Waals surface area contributed by atoms with E-state index in [9.17, 15) is 32.3 Å². The van der Waals surface area contributed by atoms with Crippen molar-refractivity contribution in [2.75, 3.05) is 5.73 Å². The van der Waals surface area contributed by atoms with E-state index in [0.717, 1.165) is 13.1 Å². The summed E-state index contributed by atoms with van der Waals surface area (Å²) in [6.45, 7) is 3.23. The standard InChI is InChI=1S/C16H14ClF3N2O4.C10H8ClN3O/c1-8(2)26-14(24)10-6-9(4-5-11(10)17)22-13(23)7-12(16(18,19)20)21(3)15(22)25;11-9-8(12)6-13-14(10(9)15)7-4-2-1-3-5-7/h4-8H,1-3H3;1-6H,12H2. The molecule has 0 aliphatic rings. The molecule has 0 fully saturated rings. The van der Waals surface area contributed by atoms with Crippen LogP contribution in [0.5, 0.6) is 0 Å². The quantitative estimate of drug-likeness (QED) is 0.341. The summed E-state index contributed by atoms with van der Waals surface area (Å²) < 4.78 is 45.7. The maximum atomic E-state index is 12.9. The van der Waals surface area contributed by atoms with Gasteiger partial charge in [0.2, 0.25) is 0 Å². The lowest BCUT2D eigenvalue weighted by Gasteiger charge is -2.15. The lowest BCUT2D eigenvalue weighted by atomic mass is 10.2. The molecule has 10 nitrogen and oxygen atoms in total. The van der Waals surface area contributed by atoms with Gasteiger partial charge in [-0.15, -0.1) is 0 Å². The number of carbonyl (C=O) groups excluding carboxylic acids is 1. The highest BCUT2D eigenvalue weighted by atomic mass is 35.5. The second-order valence-corrected chi connectivity index (χ2v) is 9.41. The average Bonchev–Trinajstić information content (AvgIpc) is 2.90.